The Morgan fingerprint density at radius 3 is 2.75 bits per heavy atom. The zero-order valence-electron chi connectivity index (χ0n) is 10.5. The van der Waals surface area contributed by atoms with Gasteiger partial charge in [0.1, 0.15) is 11.8 Å². The minimum atomic E-state index is -4.28. The lowest BCUT2D eigenvalue weighted by atomic mass is 10.1. The number of hydrogen-bond acceptors (Lipinski definition) is 3. The van der Waals surface area contributed by atoms with Gasteiger partial charge in [0.05, 0.1) is 18.1 Å². The molecule has 0 spiro atoms. The molecule has 20 heavy (non-hydrogen) atoms. The van der Waals surface area contributed by atoms with Crippen LogP contribution in [-0.4, -0.2) is 25.7 Å². The summed E-state index contributed by atoms with van der Waals surface area (Å²) in [5.41, 5.74) is 1.13. The largest absolute Gasteiger partial charge is 0.492 e. The molecule has 0 saturated heterocycles. The van der Waals surface area contributed by atoms with Gasteiger partial charge in [-0.1, -0.05) is 11.6 Å². The van der Waals surface area contributed by atoms with Crippen molar-refractivity contribution >= 4 is 23.2 Å². The zero-order chi connectivity index (χ0) is 14.9. The first-order valence-electron chi connectivity index (χ1n) is 5.83. The van der Waals surface area contributed by atoms with Crippen molar-refractivity contribution in [3.63, 3.8) is 0 Å². The fourth-order valence-electron chi connectivity index (χ4n) is 1.94. The number of halogens is 4. The van der Waals surface area contributed by atoms with E-state index in [0.29, 0.717) is 11.3 Å². The lowest BCUT2D eigenvalue weighted by Gasteiger charge is -2.12. The quantitative estimate of drug-likeness (QED) is 0.899. The molecule has 1 aromatic rings. The molecule has 0 radical (unpaired) electrons. The van der Waals surface area contributed by atoms with Gasteiger partial charge in [0.2, 0.25) is 5.91 Å². The van der Waals surface area contributed by atoms with Crippen LogP contribution < -0.4 is 15.4 Å². The molecular weight excluding hydrogens is 297 g/mol. The maximum Gasteiger partial charge on any atom is 0.392 e. The van der Waals surface area contributed by atoms with Gasteiger partial charge in [0, 0.05) is 17.3 Å². The first-order chi connectivity index (χ1) is 9.31. The number of alkyl halides is 3. The van der Waals surface area contributed by atoms with E-state index in [-0.39, 0.29) is 16.7 Å². The van der Waals surface area contributed by atoms with Crippen molar-refractivity contribution in [2.45, 2.75) is 18.6 Å². The molecule has 1 atom stereocenters. The number of ether oxygens (including phenoxy) is 1. The molecule has 2 rings (SSSR count). The number of amides is 1. The lowest BCUT2D eigenvalue weighted by Crippen LogP contribution is -2.23. The van der Waals surface area contributed by atoms with Gasteiger partial charge >= 0.3 is 6.18 Å². The van der Waals surface area contributed by atoms with Gasteiger partial charge in [-0.05, 0) is 13.1 Å². The van der Waals surface area contributed by atoms with E-state index in [1.165, 1.54) is 12.1 Å². The van der Waals surface area contributed by atoms with Crippen LogP contribution in [0.5, 0.6) is 5.75 Å². The van der Waals surface area contributed by atoms with Crippen molar-refractivity contribution in [3.8, 4) is 5.75 Å². The lowest BCUT2D eigenvalue weighted by molar-refractivity contribution is -0.139. The Morgan fingerprint density at radius 1 is 1.45 bits per heavy atom. The molecule has 1 amide bonds. The monoisotopic (exact) mass is 308 g/mol. The molecule has 1 heterocycles. The fraction of sp³-hybridized carbons (Fsp3) is 0.417. The third kappa shape index (κ3) is 3.16. The summed E-state index contributed by atoms with van der Waals surface area (Å²) in [5.74, 6) is -0.127. The number of carbonyl (C=O) groups excluding carboxylic acids is 1. The second kappa shape index (κ2) is 5.49. The third-order valence-electron chi connectivity index (χ3n) is 2.87. The summed E-state index contributed by atoms with van der Waals surface area (Å²) in [5, 5.41) is 5.60. The van der Waals surface area contributed by atoms with Crippen molar-refractivity contribution in [2.75, 3.05) is 19.0 Å². The van der Waals surface area contributed by atoms with E-state index in [4.69, 9.17) is 16.3 Å². The number of hydrogen-bond donors (Lipinski definition) is 2. The third-order valence-corrected chi connectivity index (χ3v) is 3.16. The molecule has 110 valence electrons. The van der Waals surface area contributed by atoms with Crippen LogP contribution >= 0.6 is 11.6 Å². The molecule has 0 saturated carbocycles. The molecule has 4 nitrogen and oxygen atoms in total. The highest BCUT2D eigenvalue weighted by Crippen LogP contribution is 2.38. The highest BCUT2D eigenvalue weighted by atomic mass is 35.5. The molecule has 1 unspecified atom stereocenters. The molecule has 2 N–H and O–H groups in total. The molecular formula is C12H12ClF3N2O2. The van der Waals surface area contributed by atoms with Crippen molar-refractivity contribution < 1.29 is 22.7 Å². The molecule has 0 fully saturated rings. The van der Waals surface area contributed by atoms with Crippen molar-refractivity contribution in [1.82, 2.24) is 5.32 Å². The molecule has 0 bridgehead atoms. The van der Waals surface area contributed by atoms with Crippen LogP contribution in [0.2, 0.25) is 5.02 Å². The van der Waals surface area contributed by atoms with E-state index < -0.39 is 25.2 Å². The normalized spacial score (nSPS) is 17.9. The minimum Gasteiger partial charge on any atom is -0.492 e. The maximum absolute atomic E-state index is 12.0. The summed E-state index contributed by atoms with van der Waals surface area (Å²) < 4.78 is 41.2. The number of likely N-dealkylation sites (N-methyl/N-ethyl adjacent to an activating group) is 1. The van der Waals surface area contributed by atoms with Crippen LogP contribution in [0.1, 0.15) is 18.0 Å². The average molecular weight is 309 g/mol. The number of anilines is 1. The van der Waals surface area contributed by atoms with Crippen molar-refractivity contribution in [1.29, 1.82) is 0 Å². The van der Waals surface area contributed by atoms with Gasteiger partial charge in [-0.3, -0.25) is 4.79 Å². The molecule has 1 aliphatic heterocycles. The van der Waals surface area contributed by atoms with Crippen LogP contribution in [0, 0.1) is 0 Å². The van der Waals surface area contributed by atoms with Crippen LogP contribution in [0.4, 0.5) is 18.9 Å². The van der Waals surface area contributed by atoms with Crippen LogP contribution in [-0.2, 0) is 4.79 Å². The summed E-state index contributed by atoms with van der Waals surface area (Å²) >= 11 is 5.95. The van der Waals surface area contributed by atoms with Gasteiger partial charge in [0.25, 0.3) is 0 Å². The number of rotatable bonds is 4. The number of fused-ring (bicyclic) bond motifs is 1. The Kier molecular flexibility index (Phi) is 4.10. The predicted molar refractivity (Wildman–Crippen MR) is 68.0 cm³/mol. The highest BCUT2D eigenvalue weighted by molar-refractivity contribution is 6.32. The van der Waals surface area contributed by atoms with E-state index in [1.54, 1.807) is 7.05 Å². The molecule has 0 aliphatic carbocycles. The topological polar surface area (TPSA) is 50.4 Å². The Labute approximate surface area is 118 Å². The summed E-state index contributed by atoms with van der Waals surface area (Å²) in [4.78, 5) is 11.6. The predicted octanol–water partition coefficient (Wildman–Crippen LogP) is 2.88. The van der Waals surface area contributed by atoms with Gasteiger partial charge in [0.15, 0.2) is 0 Å². The average Bonchev–Trinajstić information content (AvgIpc) is 2.62. The minimum absolute atomic E-state index is 0.117. The Balaban J connectivity index is 2.14. The van der Waals surface area contributed by atoms with E-state index >= 15 is 0 Å². The fourth-order valence-corrected chi connectivity index (χ4v) is 2.16. The van der Waals surface area contributed by atoms with E-state index in [1.807, 2.05) is 0 Å². The van der Waals surface area contributed by atoms with Gasteiger partial charge in [-0.25, -0.2) is 0 Å². The van der Waals surface area contributed by atoms with Crippen molar-refractivity contribution in [3.05, 3.63) is 22.7 Å². The Morgan fingerprint density at radius 2 is 2.15 bits per heavy atom. The zero-order valence-corrected chi connectivity index (χ0v) is 11.2. The summed E-state index contributed by atoms with van der Waals surface area (Å²) in [6.45, 7) is -0.522. The summed E-state index contributed by atoms with van der Waals surface area (Å²) in [6, 6.07) is 2.43. The number of carbonyl (C=O) groups is 1. The van der Waals surface area contributed by atoms with Crippen molar-refractivity contribution in [2.24, 2.45) is 0 Å². The summed E-state index contributed by atoms with van der Waals surface area (Å²) in [7, 11) is 1.63. The van der Waals surface area contributed by atoms with Gasteiger partial charge in [-0.2, -0.15) is 13.2 Å². The SMILES string of the molecule is CNC1C(=O)Nc2cc(OCCC(F)(F)F)c(Cl)cc21. The molecule has 1 aromatic carbocycles. The summed E-state index contributed by atoms with van der Waals surface area (Å²) in [6.07, 6.45) is -5.35. The van der Waals surface area contributed by atoms with Crippen LogP contribution in [0.3, 0.4) is 0 Å². The second-order valence-corrected chi connectivity index (χ2v) is 4.70. The molecule has 0 aromatic heterocycles. The first-order valence-corrected chi connectivity index (χ1v) is 6.21. The van der Waals surface area contributed by atoms with E-state index in [9.17, 15) is 18.0 Å². The number of benzene rings is 1. The number of nitrogens with one attached hydrogen (secondary N) is 2. The maximum atomic E-state index is 12.0. The highest BCUT2D eigenvalue weighted by Gasteiger charge is 2.31. The Hall–Kier alpha value is -1.47. The molecule has 8 heteroatoms. The van der Waals surface area contributed by atoms with E-state index in [0.717, 1.165) is 0 Å². The second-order valence-electron chi connectivity index (χ2n) is 4.29. The van der Waals surface area contributed by atoms with E-state index in [2.05, 4.69) is 10.6 Å². The van der Waals surface area contributed by atoms with Crippen LogP contribution in [0.15, 0.2) is 12.1 Å². The van der Waals surface area contributed by atoms with Gasteiger partial charge < -0.3 is 15.4 Å². The van der Waals surface area contributed by atoms with Crippen LogP contribution in [0.25, 0.3) is 0 Å². The van der Waals surface area contributed by atoms with Gasteiger partial charge in [-0.15, -0.1) is 0 Å². The smallest absolute Gasteiger partial charge is 0.392 e. The molecule has 1 aliphatic rings. The standard InChI is InChI=1S/C12H12ClF3N2O2/c1-17-10-6-4-7(13)9(5-8(6)18-11(10)19)20-3-2-12(14,15)16/h4-5,10,17H,2-3H2,1H3,(H,18,19). The Bertz CT molecular complexity index is 534. The first kappa shape index (κ1) is 14.9.